The lowest BCUT2D eigenvalue weighted by Gasteiger charge is -2.34. The molecule has 1 N–H and O–H groups in total. The molecular formula is C26H28F3N5O. The quantitative estimate of drug-likeness (QED) is 0.481. The van der Waals surface area contributed by atoms with Crippen LogP contribution in [-0.2, 0) is 5.41 Å². The van der Waals surface area contributed by atoms with Crippen LogP contribution in [-0.4, -0.2) is 31.8 Å². The van der Waals surface area contributed by atoms with Crippen molar-refractivity contribution in [3.63, 3.8) is 0 Å². The summed E-state index contributed by atoms with van der Waals surface area (Å²) in [4.78, 5) is 30.4. The van der Waals surface area contributed by atoms with E-state index in [9.17, 15) is 18.0 Å². The molecule has 0 aromatic carbocycles. The molecule has 1 aliphatic carbocycles. The van der Waals surface area contributed by atoms with Crippen molar-refractivity contribution in [3.8, 4) is 11.3 Å². The van der Waals surface area contributed by atoms with Crippen molar-refractivity contribution in [2.45, 2.75) is 64.2 Å². The number of amides is 1. The van der Waals surface area contributed by atoms with Crippen molar-refractivity contribution in [3.05, 3.63) is 65.9 Å². The van der Waals surface area contributed by atoms with E-state index in [4.69, 9.17) is 0 Å². The molecule has 0 aliphatic heterocycles. The molecule has 35 heavy (non-hydrogen) atoms. The molecule has 0 radical (unpaired) electrons. The largest absolute Gasteiger partial charge is 0.320 e. The maximum absolute atomic E-state index is 14.7. The molecule has 3 heterocycles. The Balaban J connectivity index is 1.76. The number of nitrogens with one attached hydrogen (secondary N) is 1. The van der Waals surface area contributed by atoms with Gasteiger partial charge < -0.3 is 5.32 Å². The molecule has 2 unspecified atom stereocenters. The van der Waals surface area contributed by atoms with Gasteiger partial charge in [0.25, 0.3) is 5.91 Å². The number of pyridine rings is 2. The van der Waals surface area contributed by atoms with Crippen molar-refractivity contribution >= 4 is 11.6 Å². The second-order valence-electron chi connectivity index (χ2n) is 10.1. The number of nitrogens with zero attached hydrogens (tertiary/aromatic N) is 4. The number of anilines is 1. The van der Waals surface area contributed by atoms with Crippen molar-refractivity contribution < 1.29 is 18.0 Å². The lowest BCUT2D eigenvalue weighted by molar-refractivity contribution is -0.0558. The zero-order valence-corrected chi connectivity index (χ0v) is 20.1. The van der Waals surface area contributed by atoms with E-state index in [1.807, 2.05) is 20.8 Å². The molecule has 4 rings (SSSR count). The van der Waals surface area contributed by atoms with Crippen molar-refractivity contribution in [2.75, 3.05) is 5.32 Å². The van der Waals surface area contributed by atoms with Crippen molar-refractivity contribution in [2.24, 2.45) is 5.92 Å². The zero-order chi connectivity index (χ0) is 25.4. The third-order valence-corrected chi connectivity index (χ3v) is 6.30. The normalized spacial score (nSPS) is 19.9. The highest BCUT2D eigenvalue weighted by molar-refractivity contribution is 6.06. The topological polar surface area (TPSA) is 80.7 Å². The van der Waals surface area contributed by atoms with Crippen molar-refractivity contribution in [1.82, 2.24) is 19.9 Å². The van der Waals surface area contributed by atoms with Gasteiger partial charge in [-0.15, -0.1) is 0 Å². The third kappa shape index (κ3) is 5.33. The molecule has 0 bridgehead atoms. The summed E-state index contributed by atoms with van der Waals surface area (Å²) in [5, 5.41) is 2.84. The van der Waals surface area contributed by atoms with Gasteiger partial charge in [0.1, 0.15) is 17.3 Å². The SMILES string of the molecule is CC1CC(F)(F)CCC1c1nccc(-c2ncccc2F)c1NC(=O)c1cnc(C(C)(C)C)nc1. The van der Waals surface area contributed by atoms with Crippen LogP contribution < -0.4 is 5.32 Å². The molecule has 1 fully saturated rings. The van der Waals surface area contributed by atoms with Crippen LogP contribution in [0.25, 0.3) is 11.3 Å². The average Bonchev–Trinajstić information content (AvgIpc) is 2.79. The number of alkyl halides is 2. The first-order valence-electron chi connectivity index (χ1n) is 11.6. The van der Waals surface area contributed by atoms with E-state index >= 15 is 0 Å². The summed E-state index contributed by atoms with van der Waals surface area (Å²) in [6.45, 7) is 7.64. The predicted octanol–water partition coefficient (Wildman–Crippen LogP) is 6.16. The third-order valence-electron chi connectivity index (χ3n) is 6.30. The molecule has 0 spiro atoms. The van der Waals surface area contributed by atoms with E-state index in [0.717, 1.165) is 0 Å². The summed E-state index contributed by atoms with van der Waals surface area (Å²) in [7, 11) is 0. The number of carbonyl (C=O) groups excluding carboxylic acids is 1. The molecule has 6 nitrogen and oxygen atoms in total. The van der Waals surface area contributed by atoms with Gasteiger partial charge in [0.2, 0.25) is 5.92 Å². The Bertz CT molecular complexity index is 1220. The first-order chi connectivity index (χ1) is 16.5. The minimum Gasteiger partial charge on any atom is -0.320 e. The summed E-state index contributed by atoms with van der Waals surface area (Å²) < 4.78 is 42.8. The van der Waals surface area contributed by atoms with E-state index in [1.165, 1.54) is 36.9 Å². The monoisotopic (exact) mass is 483 g/mol. The van der Waals surface area contributed by atoms with E-state index in [-0.39, 0.29) is 53.5 Å². The van der Waals surface area contributed by atoms with Crippen LogP contribution >= 0.6 is 0 Å². The van der Waals surface area contributed by atoms with Gasteiger partial charge in [0.15, 0.2) is 0 Å². The summed E-state index contributed by atoms with van der Waals surface area (Å²) in [6, 6.07) is 4.31. The number of halogens is 3. The van der Waals surface area contributed by atoms with Gasteiger partial charge in [-0.3, -0.25) is 14.8 Å². The van der Waals surface area contributed by atoms with Crippen LogP contribution in [0.2, 0.25) is 0 Å². The van der Waals surface area contributed by atoms with Gasteiger partial charge in [0.05, 0.1) is 16.9 Å². The number of hydrogen-bond donors (Lipinski definition) is 1. The van der Waals surface area contributed by atoms with Crippen LogP contribution in [0.1, 0.15) is 74.8 Å². The van der Waals surface area contributed by atoms with Gasteiger partial charge in [-0.1, -0.05) is 27.7 Å². The fourth-order valence-electron chi connectivity index (χ4n) is 4.46. The molecule has 2 atom stereocenters. The van der Waals surface area contributed by atoms with Crippen molar-refractivity contribution in [1.29, 1.82) is 0 Å². The van der Waals surface area contributed by atoms with Crippen LogP contribution in [0.3, 0.4) is 0 Å². The highest BCUT2D eigenvalue weighted by Gasteiger charge is 2.41. The number of carbonyl (C=O) groups is 1. The lowest BCUT2D eigenvalue weighted by Crippen LogP contribution is -2.31. The summed E-state index contributed by atoms with van der Waals surface area (Å²) in [6.07, 6.45) is 5.45. The Labute approximate surface area is 202 Å². The van der Waals surface area contributed by atoms with E-state index in [1.54, 1.807) is 13.0 Å². The summed E-state index contributed by atoms with van der Waals surface area (Å²) in [5.74, 6) is -3.95. The highest BCUT2D eigenvalue weighted by Crippen LogP contribution is 2.47. The molecular weight excluding hydrogens is 455 g/mol. The summed E-state index contributed by atoms with van der Waals surface area (Å²) in [5.41, 5.74) is 1.00. The molecule has 1 aliphatic rings. The maximum Gasteiger partial charge on any atom is 0.258 e. The van der Waals surface area contributed by atoms with Crippen LogP contribution in [0.5, 0.6) is 0 Å². The maximum atomic E-state index is 14.7. The average molecular weight is 484 g/mol. The van der Waals surface area contributed by atoms with Crippen LogP contribution in [0.4, 0.5) is 18.9 Å². The fraction of sp³-hybridized carbons (Fsp3) is 0.423. The van der Waals surface area contributed by atoms with Gasteiger partial charge in [-0.25, -0.2) is 23.1 Å². The van der Waals surface area contributed by atoms with Gasteiger partial charge in [-0.2, -0.15) is 0 Å². The van der Waals surface area contributed by atoms with Gasteiger partial charge in [0, 0.05) is 54.5 Å². The smallest absolute Gasteiger partial charge is 0.258 e. The van der Waals surface area contributed by atoms with E-state index in [0.29, 0.717) is 17.1 Å². The Morgan fingerprint density at radius 1 is 1.09 bits per heavy atom. The highest BCUT2D eigenvalue weighted by atomic mass is 19.3. The second-order valence-corrected chi connectivity index (χ2v) is 10.1. The van der Waals surface area contributed by atoms with E-state index in [2.05, 4.69) is 25.3 Å². The first-order valence-corrected chi connectivity index (χ1v) is 11.6. The fourth-order valence-corrected chi connectivity index (χ4v) is 4.46. The number of rotatable bonds is 4. The second kappa shape index (κ2) is 9.36. The Morgan fingerprint density at radius 2 is 1.80 bits per heavy atom. The lowest BCUT2D eigenvalue weighted by atomic mass is 9.76. The summed E-state index contributed by atoms with van der Waals surface area (Å²) >= 11 is 0. The molecule has 3 aromatic rings. The standard InChI is InChI=1S/C26H28F3N5O/c1-15-12-26(28,29)9-7-17(15)21-22(18(8-11-31-21)20-19(27)6-5-10-30-20)34-23(35)16-13-32-24(33-14-16)25(2,3)4/h5-6,8,10-11,13-15,17H,7,9,12H2,1-4H3,(H,34,35). The Hall–Kier alpha value is -3.36. The number of aromatic nitrogens is 4. The van der Waals surface area contributed by atoms with Gasteiger partial charge >= 0.3 is 0 Å². The zero-order valence-electron chi connectivity index (χ0n) is 20.1. The minimum absolute atomic E-state index is 0.0413. The molecule has 184 valence electrons. The molecule has 3 aromatic heterocycles. The molecule has 9 heteroatoms. The van der Waals surface area contributed by atoms with Crippen LogP contribution in [0.15, 0.2) is 43.0 Å². The molecule has 1 saturated carbocycles. The number of hydrogen-bond acceptors (Lipinski definition) is 5. The van der Waals surface area contributed by atoms with Crippen LogP contribution in [0, 0.1) is 11.7 Å². The molecule has 1 amide bonds. The van der Waals surface area contributed by atoms with Gasteiger partial charge in [-0.05, 0) is 30.5 Å². The molecule has 0 saturated heterocycles. The minimum atomic E-state index is -2.74. The Kier molecular flexibility index (Phi) is 6.62. The first kappa shape index (κ1) is 24.8. The van der Waals surface area contributed by atoms with E-state index < -0.39 is 17.6 Å². The predicted molar refractivity (Wildman–Crippen MR) is 127 cm³/mol. The Morgan fingerprint density at radius 3 is 2.43 bits per heavy atom.